The van der Waals surface area contributed by atoms with E-state index < -0.39 is 0 Å². The average Bonchev–Trinajstić information content (AvgIpc) is 2.29. The lowest BCUT2D eigenvalue weighted by atomic mass is 10.2. The lowest BCUT2D eigenvalue weighted by Gasteiger charge is -2.10. The minimum absolute atomic E-state index is 0.0213. The van der Waals surface area contributed by atoms with Gasteiger partial charge < -0.3 is 16.2 Å². The standard InChI is InChI=1S/C10H18N4O2/c1-8(7-15)6-14-10(16)4-9(5-13-14)12-3-2-11/h4-5,8,12,15H,2-3,6-7,11H2,1H3. The largest absolute Gasteiger partial charge is 0.396 e. The summed E-state index contributed by atoms with van der Waals surface area (Å²) >= 11 is 0. The lowest BCUT2D eigenvalue weighted by molar-refractivity contribution is 0.217. The normalized spacial score (nSPS) is 12.4. The number of nitrogens with zero attached hydrogens (tertiary/aromatic N) is 2. The molecular formula is C10H18N4O2. The molecule has 0 bridgehead atoms. The van der Waals surface area contributed by atoms with Crippen molar-refractivity contribution in [2.45, 2.75) is 13.5 Å². The van der Waals surface area contributed by atoms with E-state index in [0.717, 1.165) is 0 Å². The number of anilines is 1. The van der Waals surface area contributed by atoms with Gasteiger partial charge in [0.25, 0.3) is 5.56 Å². The third-order valence-electron chi connectivity index (χ3n) is 2.14. The van der Waals surface area contributed by atoms with Crippen LogP contribution in [-0.2, 0) is 6.54 Å². The van der Waals surface area contributed by atoms with E-state index in [9.17, 15) is 4.79 Å². The van der Waals surface area contributed by atoms with Crippen LogP contribution in [0.5, 0.6) is 0 Å². The van der Waals surface area contributed by atoms with Gasteiger partial charge >= 0.3 is 0 Å². The molecule has 0 amide bonds. The summed E-state index contributed by atoms with van der Waals surface area (Å²) in [5.74, 6) is 0.0213. The summed E-state index contributed by atoms with van der Waals surface area (Å²) in [6, 6.07) is 1.48. The molecule has 0 aliphatic heterocycles. The third kappa shape index (κ3) is 3.63. The van der Waals surface area contributed by atoms with Gasteiger partial charge in [-0.05, 0) is 5.92 Å². The number of rotatable bonds is 6. The molecule has 4 N–H and O–H groups in total. The van der Waals surface area contributed by atoms with Crippen molar-refractivity contribution in [1.29, 1.82) is 0 Å². The first-order valence-corrected chi connectivity index (χ1v) is 5.29. The Morgan fingerprint density at radius 1 is 1.69 bits per heavy atom. The number of hydrogen-bond donors (Lipinski definition) is 3. The van der Waals surface area contributed by atoms with Crippen molar-refractivity contribution in [3.8, 4) is 0 Å². The summed E-state index contributed by atoms with van der Waals surface area (Å²) in [5, 5.41) is 15.9. The Morgan fingerprint density at radius 3 is 3.00 bits per heavy atom. The van der Waals surface area contributed by atoms with Gasteiger partial charge in [-0.2, -0.15) is 5.10 Å². The van der Waals surface area contributed by atoms with Crippen LogP contribution in [-0.4, -0.2) is 34.6 Å². The van der Waals surface area contributed by atoms with E-state index in [-0.39, 0.29) is 18.1 Å². The molecule has 1 unspecified atom stereocenters. The molecule has 1 aromatic rings. The Kier molecular flexibility index (Phi) is 4.94. The Balaban J connectivity index is 2.71. The third-order valence-corrected chi connectivity index (χ3v) is 2.14. The Bertz CT molecular complexity index is 377. The number of nitrogens with one attached hydrogen (secondary N) is 1. The fourth-order valence-corrected chi connectivity index (χ4v) is 1.24. The van der Waals surface area contributed by atoms with Crippen LogP contribution in [0.25, 0.3) is 0 Å². The zero-order chi connectivity index (χ0) is 12.0. The summed E-state index contributed by atoms with van der Waals surface area (Å²) in [5.41, 5.74) is 5.83. The number of nitrogens with two attached hydrogens (primary N) is 1. The quantitative estimate of drug-likeness (QED) is 0.593. The van der Waals surface area contributed by atoms with Crippen molar-refractivity contribution >= 4 is 5.69 Å². The van der Waals surface area contributed by atoms with Gasteiger partial charge in [0.05, 0.1) is 11.9 Å². The summed E-state index contributed by atoms with van der Waals surface area (Å²) in [7, 11) is 0. The smallest absolute Gasteiger partial charge is 0.268 e. The second kappa shape index (κ2) is 6.24. The highest BCUT2D eigenvalue weighted by atomic mass is 16.3. The molecule has 1 heterocycles. The van der Waals surface area contributed by atoms with Gasteiger partial charge in [0, 0.05) is 32.3 Å². The van der Waals surface area contributed by atoms with Crippen molar-refractivity contribution in [3.63, 3.8) is 0 Å². The zero-order valence-electron chi connectivity index (χ0n) is 9.39. The van der Waals surface area contributed by atoms with Crippen molar-refractivity contribution in [2.75, 3.05) is 25.0 Å². The Labute approximate surface area is 94.1 Å². The maximum Gasteiger partial charge on any atom is 0.268 e. The van der Waals surface area contributed by atoms with Crippen LogP contribution in [0.2, 0.25) is 0 Å². The number of aliphatic hydroxyl groups is 1. The fraction of sp³-hybridized carbons (Fsp3) is 0.600. The van der Waals surface area contributed by atoms with Gasteiger partial charge in [0.15, 0.2) is 0 Å². The maximum atomic E-state index is 11.6. The van der Waals surface area contributed by atoms with Crippen LogP contribution in [0.15, 0.2) is 17.1 Å². The first kappa shape index (κ1) is 12.7. The van der Waals surface area contributed by atoms with Crippen LogP contribution < -0.4 is 16.6 Å². The molecule has 1 rings (SSSR count). The van der Waals surface area contributed by atoms with Gasteiger partial charge in [-0.3, -0.25) is 4.79 Å². The second-order valence-electron chi connectivity index (χ2n) is 3.77. The number of aliphatic hydroxyl groups excluding tert-OH is 1. The van der Waals surface area contributed by atoms with E-state index in [4.69, 9.17) is 10.8 Å². The SMILES string of the molecule is CC(CO)Cn1ncc(NCCN)cc1=O. The molecule has 0 saturated heterocycles. The van der Waals surface area contributed by atoms with E-state index in [1.54, 1.807) is 6.20 Å². The first-order valence-electron chi connectivity index (χ1n) is 5.29. The number of aromatic nitrogens is 2. The van der Waals surface area contributed by atoms with Crippen molar-refractivity contribution in [1.82, 2.24) is 9.78 Å². The molecule has 0 aromatic carbocycles. The summed E-state index contributed by atoms with van der Waals surface area (Å²) in [6.45, 7) is 3.44. The van der Waals surface area contributed by atoms with Crippen molar-refractivity contribution < 1.29 is 5.11 Å². The van der Waals surface area contributed by atoms with Gasteiger partial charge in [0.2, 0.25) is 0 Å². The van der Waals surface area contributed by atoms with E-state index in [1.807, 2.05) is 6.92 Å². The van der Waals surface area contributed by atoms with Crippen LogP contribution in [0.3, 0.4) is 0 Å². The average molecular weight is 226 g/mol. The lowest BCUT2D eigenvalue weighted by Crippen LogP contribution is -2.26. The zero-order valence-corrected chi connectivity index (χ0v) is 9.39. The topological polar surface area (TPSA) is 93.2 Å². The summed E-state index contributed by atoms with van der Waals surface area (Å²) in [6.07, 6.45) is 1.58. The van der Waals surface area contributed by atoms with Gasteiger partial charge in [-0.15, -0.1) is 0 Å². The summed E-state index contributed by atoms with van der Waals surface area (Å²) < 4.78 is 1.34. The molecule has 6 nitrogen and oxygen atoms in total. The van der Waals surface area contributed by atoms with Crippen molar-refractivity contribution in [2.24, 2.45) is 11.7 Å². The van der Waals surface area contributed by atoms with Crippen molar-refractivity contribution in [3.05, 3.63) is 22.6 Å². The van der Waals surface area contributed by atoms with Gasteiger partial charge in [-0.25, -0.2) is 4.68 Å². The van der Waals surface area contributed by atoms with Crippen LogP contribution in [0.1, 0.15) is 6.92 Å². The highest BCUT2D eigenvalue weighted by molar-refractivity contribution is 5.38. The molecule has 90 valence electrons. The molecule has 0 fully saturated rings. The van der Waals surface area contributed by atoms with E-state index in [2.05, 4.69) is 10.4 Å². The van der Waals surface area contributed by atoms with Crippen LogP contribution >= 0.6 is 0 Å². The van der Waals surface area contributed by atoms with E-state index >= 15 is 0 Å². The predicted octanol–water partition coefficient (Wildman–Crippen LogP) is -0.758. The van der Waals surface area contributed by atoms with Gasteiger partial charge in [-0.1, -0.05) is 6.92 Å². The predicted molar refractivity (Wildman–Crippen MR) is 62.3 cm³/mol. The second-order valence-corrected chi connectivity index (χ2v) is 3.77. The molecule has 1 aromatic heterocycles. The van der Waals surface area contributed by atoms with E-state index in [0.29, 0.717) is 25.3 Å². The molecule has 6 heteroatoms. The first-order chi connectivity index (χ1) is 7.67. The van der Waals surface area contributed by atoms with Crippen LogP contribution in [0, 0.1) is 5.92 Å². The Hall–Kier alpha value is -1.40. The Morgan fingerprint density at radius 2 is 2.44 bits per heavy atom. The minimum Gasteiger partial charge on any atom is -0.396 e. The molecule has 0 aliphatic carbocycles. The molecule has 1 atom stereocenters. The monoisotopic (exact) mass is 226 g/mol. The number of hydrogen-bond acceptors (Lipinski definition) is 5. The molecule has 16 heavy (non-hydrogen) atoms. The highest BCUT2D eigenvalue weighted by Crippen LogP contribution is 2.00. The van der Waals surface area contributed by atoms with E-state index in [1.165, 1.54) is 10.7 Å². The minimum atomic E-state index is -0.178. The molecule has 0 spiro atoms. The molecule has 0 radical (unpaired) electrons. The molecular weight excluding hydrogens is 208 g/mol. The molecule has 0 saturated carbocycles. The van der Waals surface area contributed by atoms with Gasteiger partial charge in [0.1, 0.15) is 0 Å². The summed E-state index contributed by atoms with van der Waals surface area (Å²) in [4.78, 5) is 11.6. The highest BCUT2D eigenvalue weighted by Gasteiger charge is 2.04. The fourth-order valence-electron chi connectivity index (χ4n) is 1.24. The maximum absolute atomic E-state index is 11.6. The van der Waals surface area contributed by atoms with Crippen LogP contribution in [0.4, 0.5) is 5.69 Å². The molecule has 0 aliphatic rings.